The molecule has 0 saturated carbocycles. The van der Waals surface area contributed by atoms with Crippen LogP contribution in [0.15, 0.2) is 23.4 Å². The van der Waals surface area contributed by atoms with Gasteiger partial charge in [0.05, 0.1) is 13.2 Å². The molecule has 5 nitrogen and oxygen atoms in total. The van der Waals surface area contributed by atoms with Crippen molar-refractivity contribution < 1.29 is 23.5 Å². The zero-order valence-corrected chi connectivity index (χ0v) is 9.93. The Morgan fingerprint density at radius 3 is 2.63 bits per heavy atom. The van der Waals surface area contributed by atoms with Gasteiger partial charge in [0.1, 0.15) is 5.82 Å². The van der Waals surface area contributed by atoms with Crippen molar-refractivity contribution in [2.75, 3.05) is 24.6 Å². The molecule has 106 valence electrons. The number of amidine groups is 1. The van der Waals surface area contributed by atoms with E-state index < -0.39 is 24.6 Å². The summed E-state index contributed by atoms with van der Waals surface area (Å²) < 4.78 is 38.1. The second kappa shape index (κ2) is 6.83. The number of alkyl halides is 2. The van der Waals surface area contributed by atoms with Crippen molar-refractivity contribution in [1.82, 2.24) is 0 Å². The van der Waals surface area contributed by atoms with Crippen LogP contribution in [0.1, 0.15) is 5.56 Å². The van der Waals surface area contributed by atoms with Gasteiger partial charge in [-0.25, -0.2) is 13.2 Å². The highest BCUT2D eigenvalue weighted by Crippen LogP contribution is 2.22. The molecule has 0 aliphatic carbocycles. The molecule has 0 radical (unpaired) electrons. The number of aliphatic hydroxyl groups is 1. The summed E-state index contributed by atoms with van der Waals surface area (Å²) in [5.41, 5.74) is 5.53. The Balaban J connectivity index is 3.21. The van der Waals surface area contributed by atoms with E-state index in [0.717, 1.165) is 17.0 Å². The predicted molar refractivity (Wildman–Crippen MR) is 64.2 cm³/mol. The molecule has 0 unspecified atom stereocenters. The number of nitrogens with zero attached hydrogens (tertiary/aromatic N) is 2. The molecular weight excluding hydrogens is 263 g/mol. The lowest BCUT2D eigenvalue weighted by Gasteiger charge is -2.25. The van der Waals surface area contributed by atoms with Crippen molar-refractivity contribution in [2.45, 2.75) is 6.43 Å². The number of aliphatic hydroxyl groups excluding tert-OH is 1. The summed E-state index contributed by atoms with van der Waals surface area (Å²) in [4.78, 5) is 1.14. The first-order valence-electron chi connectivity index (χ1n) is 5.41. The van der Waals surface area contributed by atoms with Gasteiger partial charge in [-0.2, -0.15) is 0 Å². The molecule has 1 rings (SSSR count). The molecule has 0 fully saturated rings. The number of anilines is 1. The highest BCUT2D eigenvalue weighted by atomic mass is 19.3. The first-order valence-corrected chi connectivity index (χ1v) is 5.41. The van der Waals surface area contributed by atoms with Gasteiger partial charge in [0.15, 0.2) is 5.84 Å². The van der Waals surface area contributed by atoms with Crippen LogP contribution in [0.25, 0.3) is 0 Å². The first kappa shape index (κ1) is 15.1. The van der Waals surface area contributed by atoms with Gasteiger partial charge in [0.25, 0.3) is 6.43 Å². The van der Waals surface area contributed by atoms with Crippen LogP contribution < -0.4 is 10.6 Å². The van der Waals surface area contributed by atoms with E-state index in [1.165, 1.54) is 6.07 Å². The summed E-state index contributed by atoms with van der Waals surface area (Å²) in [5.74, 6) is -1.04. The fourth-order valence-corrected chi connectivity index (χ4v) is 1.64. The molecule has 1 aromatic carbocycles. The number of halogens is 3. The van der Waals surface area contributed by atoms with Gasteiger partial charge in [0, 0.05) is 17.8 Å². The number of nitrogens with two attached hydrogens (primary N) is 1. The van der Waals surface area contributed by atoms with Crippen molar-refractivity contribution in [3.63, 3.8) is 0 Å². The Hall–Kier alpha value is -1.96. The quantitative estimate of drug-likeness (QED) is 0.313. The highest BCUT2D eigenvalue weighted by molar-refractivity contribution is 6.02. The van der Waals surface area contributed by atoms with Gasteiger partial charge in [-0.3, -0.25) is 0 Å². The Morgan fingerprint density at radius 1 is 1.42 bits per heavy atom. The smallest absolute Gasteiger partial charge is 0.255 e. The second-order valence-electron chi connectivity index (χ2n) is 3.71. The molecule has 4 N–H and O–H groups in total. The van der Waals surface area contributed by atoms with E-state index in [-0.39, 0.29) is 24.4 Å². The van der Waals surface area contributed by atoms with Crippen LogP contribution in [0.5, 0.6) is 0 Å². The molecule has 0 aromatic heterocycles. The van der Waals surface area contributed by atoms with Crippen molar-refractivity contribution in [2.24, 2.45) is 10.9 Å². The van der Waals surface area contributed by atoms with Gasteiger partial charge in [-0.15, -0.1) is 0 Å². The predicted octanol–water partition coefficient (Wildman–Crippen LogP) is 0.984. The SMILES string of the molecule is N/C(=N/O)c1cc(F)ccc1N(CCO)CC(F)F. The van der Waals surface area contributed by atoms with E-state index in [0.29, 0.717) is 0 Å². The Kier molecular flexibility index (Phi) is 5.43. The number of rotatable bonds is 6. The standard InChI is InChI=1S/C11H14F3N3O2/c12-7-1-2-9(8(5-7)11(15)16-19)17(3-4-18)6-10(13)14/h1-2,5,10,18-19H,3-4,6H2,(H2,15,16). The lowest BCUT2D eigenvalue weighted by Crippen LogP contribution is -2.33. The summed E-state index contributed by atoms with van der Waals surface area (Å²) in [6, 6.07) is 3.28. The van der Waals surface area contributed by atoms with Crippen LogP contribution in [0.3, 0.4) is 0 Å². The molecule has 1 aromatic rings. The zero-order chi connectivity index (χ0) is 14.4. The summed E-state index contributed by atoms with van der Waals surface area (Å²) in [5, 5.41) is 20.2. The number of hydrogen-bond acceptors (Lipinski definition) is 4. The van der Waals surface area contributed by atoms with Crippen molar-refractivity contribution in [3.8, 4) is 0 Å². The molecule has 0 amide bonds. The maximum Gasteiger partial charge on any atom is 0.255 e. The first-order chi connectivity index (χ1) is 8.99. The van der Waals surface area contributed by atoms with E-state index in [2.05, 4.69) is 5.16 Å². The van der Waals surface area contributed by atoms with Crippen molar-refractivity contribution >= 4 is 11.5 Å². The summed E-state index contributed by atoms with van der Waals surface area (Å²) in [7, 11) is 0. The maximum atomic E-state index is 13.1. The average Bonchev–Trinajstić information content (AvgIpc) is 2.36. The van der Waals surface area contributed by atoms with Crippen LogP contribution in [0, 0.1) is 5.82 Å². The van der Waals surface area contributed by atoms with Gasteiger partial charge in [-0.05, 0) is 18.2 Å². The van der Waals surface area contributed by atoms with Crippen LogP contribution in [0.2, 0.25) is 0 Å². The van der Waals surface area contributed by atoms with Crippen LogP contribution in [-0.4, -0.2) is 42.3 Å². The Bertz CT molecular complexity index is 455. The average molecular weight is 277 g/mol. The molecule has 0 spiro atoms. The van der Waals surface area contributed by atoms with Crippen LogP contribution >= 0.6 is 0 Å². The third kappa shape index (κ3) is 4.02. The molecule has 0 saturated heterocycles. The third-order valence-electron chi connectivity index (χ3n) is 2.41. The van der Waals surface area contributed by atoms with Crippen molar-refractivity contribution in [1.29, 1.82) is 0 Å². The zero-order valence-electron chi connectivity index (χ0n) is 9.93. The minimum Gasteiger partial charge on any atom is -0.409 e. The second-order valence-corrected chi connectivity index (χ2v) is 3.71. The molecule has 8 heteroatoms. The minimum absolute atomic E-state index is 0.0170. The summed E-state index contributed by atoms with van der Waals surface area (Å²) in [6.45, 7) is -1.10. The largest absolute Gasteiger partial charge is 0.409 e. The minimum atomic E-state index is -2.64. The number of oxime groups is 1. The highest BCUT2D eigenvalue weighted by Gasteiger charge is 2.18. The fourth-order valence-electron chi connectivity index (χ4n) is 1.64. The van der Waals surface area contributed by atoms with Crippen LogP contribution in [-0.2, 0) is 0 Å². The lowest BCUT2D eigenvalue weighted by molar-refractivity contribution is 0.153. The number of benzene rings is 1. The topological polar surface area (TPSA) is 82.1 Å². The molecule has 0 aliphatic heterocycles. The molecular formula is C11H14F3N3O2. The normalized spacial score (nSPS) is 11.9. The van der Waals surface area contributed by atoms with E-state index in [4.69, 9.17) is 16.0 Å². The molecule has 0 atom stereocenters. The molecule has 19 heavy (non-hydrogen) atoms. The van der Waals surface area contributed by atoms with E-state index in [1.54, 1.807) is 0 Å². The van der Waals surface area contributed by atoms with Crippen LogP contribution in [0.4, 0.5) is 18.9 Å². The van der Waals surface area contributed by atoms with Gasteiger partial charge < -0.3 is 20.9 Å². The monoisotopic (exact) mass is 277 g/mol. The molecule has 0 aliphatic rings. The third-order valence-corrected chi connectivity index (χ3v) is 2.41. The van der Waals surface area contributed by atoms with E-state index in [1.807, 2.05) is 0 Å². The Labute approximate surface area is 107 Å². The van der Waals surface area contributed by atoms with Gasteiger partial charge in [-0.1, -0.05) is 5.16 Å². The number of hydrogen-bond donors (Lipinski definition) is 3. The van der Waals surface area contributed by atoms with Gasteiger partial charge in [0.2, 0.25) is 0 Å². The van der Waals surface area contributed by atoms with E-state index in [9.17, 15) is 13.2 Å². The Morgan fingerprint density at radius 2 is 2.11 bits per heavy atom. The van der Waals surface area contributed by atoms with Crippen molar-refractivity contribution in [3.05, 3.63) is 29.6 Å². The maximum absolute atomic E-state index is 13.1. The summed E-state index contributed by atoms with van der Waals surface area (Å²) in [6.07, 6.45) is -2.64. The molecule has 0 heterocycles. The molecule has 0 bridgehead atoms. The van der Waals surface area contributed by atoms with E-state index >= 15 is 0 Å². The van der Waals surface area contributed by atoms with Gasteiger partial charge >= 0.3 is 0 Å². The summed E-state index contributed by atoms with van der Waals surface area (Å²) >= 11 is 0. The fraction of sp³-hybridized carbons (Fsp3) is 0.364. The lowest BCUT2D eigenvalue weighted by atomic mass is 10.1.